The predicted molar refractivity (Wildman–Crippen MR) is 101 cm³/mol. The van der Waals surface area contributed by atoms with E-state index in [4.69, 9.17) is 14.4 Å². The average molecular weight is 387 g/mol. The number of carboxylic acids is 1. The highest BCUT2D eigenvalue weighted by atomic mass is 16.5. The van der Waals surface area contributed by atoms with Crippen LogP contribution in [0.25, 0.3) is 11.4 Å². The molecule has 0 bridgehead atoms. The smallest absolute Gasteiger partial charge is 0.305 e. The number of carbonyl (C=O) groups is 2. The van der Waals surface area contributed by atoms with Crippen LogP contribution in [-0.4, -0.2) is 45.9 Å². The Bertz CT molecular complexity index is 823. The van der Waals surface area contributed by atoms with Crippen molar-refractivity contribution in [1.29, 1.82) is 0 Å². The third-order valence-corrected chi connectivity index (χ3v) is 4.87. The first-order valence-electron chi connectivity index (χ1n) is 9.40. The standard InChI is InChI=1S/C20H25N3O5/c1-13(2)14-3-5-15(6-4-14)19-21-17(28-23-19)8-7-16(24)22-20(11-18(25)26)9-10-27-12-20/h3-6,13H,7-12H2,1-2H3,(H,22,24)(H,25,26). The van der Waals surface area contributed by atoms with Crippen LogP contribution >= 0.6 is 0 Å². The van der Waals surface area contributed by atoms with Crippen LogP contribution in [0.2, 0.25) is 0 Å². The molecule has 28 heavy (non-hydrogen) atoms. The largest absolute Gasteiger partial charge is 0.481 e. The van der Waals surface area contributed by atoms with Crippen molar-refractivity contribution in [3.05, 3.63) is 35.7 Å². The highest BCUT2D eigenvalue weighted by molar-refractivity contribution is 5.78. The fraction of sp³-hybridized carbons (Fsp3) is 0.500. The van der Waals surface area contributed by atoms with Crippen molar-refractivity contribution < 1.29 is 24.0 Å². The number of carboxylic acid groups (broad SMARTS) is 1. The van der Waals surface area contributed by atoms with Gasteiger partial charge >= 0.3 is 5.97 Å². The summed E-state index contributed by atoms with van der Waals surface area (Å²) in [5, 5.41) is 15.9. The van der Waals surface area contributed by atoms with E-state index in [0.717, 1.165) is 5.56 Å². The molecule has 1 aliphatic rings. The summed E-state index contributed by atoms with van der Waals surface area (Å²) in [6, 6.07) is 7.98. The summed E-state index contributed by atoms with van der Waals surface area (Å²) in [4.78, 5) is 27.7. The fourth-order valence-corrected chi connectivity index (χ4v) is 3.25. The fourth-order valence-electron chi connectivity index (χ4n) is 3.25. The van der Waals surface area contributed by atoms with Gasteiger partial charge in [0.05, 0.1) is 18.6 Å². The Balaban J connectivity index is 1.56. The quantitative estimate of drug-likeness (QED) is 0.715. The molecule has 0 radical (unpaired) electrons. The Morgan fingerprint density at radius 2 is 2.04 bits per heavy atom. The maximum absolute atomic E-state index is 12.3. The van der Waals surface area contributed by atoms with Gasteiger partial charge in [0.2, 0.25) is 17.6 Å². The van der Waals surface area contributed by atoms with Gasteiger partial charge in [0.1, 0.15) is 0 Å². The number of ether oxygens (including phenoxy) is 1. The number of carbonyl (C=O) groups excluding carboxylic acids is 1. The highest BCUT2D eigenvalue weighted by Crippen LogP contribution is 2.23. The Labute approximate surface area is 163 Å². The van der Waals surface area contributed by atoms with Gasteiger partial charge in [-0.1, -0.05) is 43.3 Å². The van der Waals surface area contributed by atoms with E-state index in [1.807, 2.05) is 24.3 Å². The van der Waals surface area contributed by atoms with E-state index in [1.54, 1.807) is 0 Å². The molecule has 0 aliphatic carbocycles. The number of nitrogens with zero attached hydrogens (tertiary/aromatic N) is 2. The van der Waals surface area contributed by atoms with Gasteiger partial charge in [0.25, 0.3) is 0 Å². The maximum atomic E-state index is 12.3. The monoisotopic (exact) mass is 387 g/mol. The van der Waals surface area contributed by atoms with Crippen LogP contribution in [0.1, 0.15) is 50.5 Å². The topological polar surface area (TPSA) is 115 Å². The van der Waals surface area contributed by atoms with Crippen molar-refractivity contribution >= 4 is 11.9 Å². The van der Waals surface area contributed by atoms with Crippen molar-refractivity contribution in [2.24, 2.45) is 0 Å². The van der Waals surface area contributed by atoms with E-state index in [0.29, 0.717) is 30.7 Å². The number of nitrogens with one attached hydrogen (secondary N) is 1. The number of hydrogen-bond acceptors (Lipinski definition) is 6. The lowest BCUT2D eigenvalue weighted by Gasteiger charge is -2.26. The molecule has 2 N–H and O–H groups in total. The molecule has 8 heteroatoms. The number of aryl methyl sites for hydroxylation is 1. The van der Waals surface area contributed by atoms with Gasteiger partial charge in [-0.05, 0) is 17.9 Å². The predicted octanol–water partition coefficient (Wildman–Crippen LogP) is 2.54. The van der Waals surface area contributed by atoms with Crippen molar-refractivity contribution in [1.82, 2.24) is 15.5 Å². The minimum Gasteiger partial charge on any atom is -0.481 e. The van der Waals surface area contributed by atoms with Gasteiger partial charge in [-0.3, -0.25) is 9.59 Å². The summed E-state index contributed by atoms with van der Waals surface area (Å²) < 4.78 is 10.5. The van der Waals surface area contributed by atoms with Crippen LogP contribution in [0.5, 0.6) is 0 Å². The molecule has 2 heterocycles. The number of benzene rings is 1. The molecule has 2 aromatic rings. The molecule has 1 aliphatic heterocycles. The number of aromatic nitrogens is 2. The molecule has 1 aromatic carbocycles. The third-order valence-electron chi connectivity index (χ3n) is 4.87. The summed E-state index contributed by atoms with van der Waals surface area (Å²) >= 11 is 0. The summed E-state index contributed by atoms with van der Waals surface area (Å²) in [5.74, 6) is 0.0805. The Morgan fingerprint density at radius 1 is 1.29 bits per heavy atom. The van der Waals surface area contributed by atoms with Gasteiger partial charge in [-0.2, -0.15) is 4.98 Å². The molecule has 0 saturated carbocycles. The lowest BCUT2D eigenvalue weighted by molar-refractivity contribution is -0.139. The molecular weight excluding hydrogens is 362 g/mol. The lowest BCUT2D eigenvalue weighted by atomic mass is 9.94. The van der Waals surface area contributed by atoms with Crippen LogP contribution in [-0.2, 0) is 20.7 Å². The molecule has 1 fully saturated rings. The van der Waals surface area contributed by atoms with E-state index in [2.05, 4.69) is 29.3 Å². The number of hydrogen-bond donors (Lipinski definition) is 2. The van der Waals surface area contributed by atoms with Gasteiger partial charge in [-0.25, -0.2) is 0 Å². The highest BCUT2D eigenvalue weighted by Gasteiger charge is 2.38. The second-order valence-corrected chi connectivity index (χ2v) is 7.49. The lowest BCUT2D eigenvalue weighted by Crippen LogP contribution is -2.50. The van der Waals surface area contributed by atoms with Gasteiger partial charge in [0.15, 0.2) is 0 Å². The number of aliphatic carboxylic acids is 1. The van der Waals surface area contributed by atoms with Crippen LogP contribution < -0.4 is 5.32 Å². The summed E-state index contributed by atoms with van der Waals surface area (Å²) in [7, 11) is 0. The zero-order chi connectivity index (χ0) is 20.1. The number of rotatable bonds is 8. The molecule has 3 rings (SSSR count). The van der Waals surface area contributed by atoms with Crippen LogP contribution in [0.4, 0.5) is 0 Å². The Morgan fingerprint density at radius 3 is 2.64 bits per heavy atom. The molecule has 150 valence electrons. The SMILES string of the molecule is CC(C)c1ccc(-c2noc(CCC(=O)NC3(CC(=O)O)CCOC3)n2)cc1. The zero-order valence-electron chi connectivity index (χ0n) is 16.1. The zero-order valence-corrected chi connectivity index (χ0v) is 16.1. The van der Waals surface area contributed by atoms with Gasteiger partial charge in [-0.15, -0.1) is 0 Å². The first kappa shape index (κ1) is 20.0. The molecule has 1 aromatic heterocycles. The van der Waals surface area contributed by atoms with Crippen LogP contribution in [0, 0.1) is 0 Å². The van der Waals surface area contributed by atoms with E-state index in [-0.39, 0.29) is 31.8 Å². The first-order valence-corrected chi connectivity index (χ1v) is 9.40. The average Bonchev–Trinajstić information content (AvgIpc) is 3.29. The third kappa shape index (κ3) is 4.95. The minimum absolute atomic E-state index is 0.134. The summed E-state index contributed by atoms with van der Waals surface area (Å²) in [5.41, 5.74) is 1.25. The van der Waals surface area contributed by atoms with Crippen molar-refractivity contribution in [2.45, 2.75) is 51.0 Å². The number of amides is 1. The molecule has 1 amide bonds. The second-order valence-electron chi connectivity index (χ2n) is 7.49. The molecule has 1 unspecified atom stereocenters. The maximum Gasteiger partial charge on any atom is 0.305 e. The van der Waals surface area contributed by atoms with Gasteiger partial charge in [0, 0.05) is 25.0 Å². The molecule has 8 nitrogen and oxygen atoms in total. The molecule has 0 spiro atoms. The minimum atomic E-state index is -0.962. The van der Waals surface area contributed by atoms with E-state index < -0.39 is 11.5 Å². The van der Waals surface area contributed by atoms with Crippen molar-refractivity contribution in [2.75, 3.05) is 13.2 Å². The van der Waals surface area contributed by atoms with Crippen molar-refractivity contribution in [3.8, 4) is 11.4 Å². The molecular formula is C20H25N3O5. The summed E-state index contributed by atoms with van der Waals surface area (Å²) in [6.07, 6.45) is 0.750. The van der Waals surface area contributed by atoms with Crippen molar-refractivity contribution in [3.63, 3.8) is 0 Å². The Kier molecular flexibility index (Phi) is 6.08. The van der Waals surface area contributed by atoms with E-state index in [9.17, 15) is 9.59 Å². The second kappa shape index (κ2) is 8.52. The van der Waals surface area contributed by atoms with Gasteiger partial charge < -0.3 is 19.7 Å². The van der Waals surface area contributed by atoms with Crippen LogP contribution in [0.15, 0.2) is 28.8 Å². The van der Waals surface area contributed by atoms with E-state index >= 15 is 0 Å². The molecule has 1 saturated heterocycles. The first-order chi connectivity index (χ1) is 13.4. The summed E-state index contributed by atoms with van der Waals surface area (Å²) in [6.45, 7) is 4.91. The normalized spacial score (nSPS) is 19.1. The van der Waals surface area contributed by atoms with E-state index in [1.165, 1.54) is 5.56 Å². The Hall–Kier alpha value is -2.74. The molecule has 1 atom stereocenters. The van der Waals surface area contributed by atoms with Crippen LogP contribution in [0.3, 0.4) is 0 Å².